The summed E-state index contributed by atoms with van der Waals surface area (Å²) in [6.45, 7) is 7.24. The van der Waals surface area contributed by atoms with Crippen LogP contribution < -0.4 is 0 Å². The number of carbonyl (C=O) groups is 1. The molecular formula is C17H23N3O2S. The number of rotatable bonds is 6. The Labute approximate surface area is 140 Å². The van der Waals surface area contributed by atoms with Crippen LogP contribution >= 0.6 is 11.3 Å². The van der Waals surface area contributed by atoms with Gasteiger partial charge < -0.3 is 9.30 Å². The van der Waals surface area contributed by atoms with Crippen LogP contribution in [0.5, 0.6) is 0 Å². The van der Waals surface area contributed by atoms with Gasteiger partial charge in [-0.2, -0.15) is 0 Å². The van der Waals surface area contributed by atoms with E-state index in [-0.39, 0.29) is 11.8 Å². The summed E-state index contributed by atoms with van der Waals surface area (Å²) < 4.78 is 7.80. The maximum atomic E-state index is 12.4. The number of ketones is 1. The van der Waals surface area contributed by atoms with Crippen LogP contribution in [0.25, 0.3) is 0 Å². The van der Waals surface area contributed by atoms with Gasteiger partial charge in [0.15, 0.2) is 5.78 Å². The van der Waals surface area contributed by atoms with Gasteiger partial charge >= 0.3 is 0 Å². The SMILES string of the molecule is CC(C)n1ccnc1CN1CCOCC1CC(=O)c1cccs1. The van der Waals surface area contributed by atoms with Crippen molar-refractivity contribution in [2.75, 3.05) is 19.8 Å². The van der Waals surface area contributed by atoms with E-state index in [0.717, 1.165) is 23.8 Å². The van der Waals surface area contributed by atoms with Crippen LogP contribution in [-0.4, -0.2) is 46.0 Å². The van der Waals surface area contributed by atoms with E-state index in [2.05, 4.69) is 28.3 Å². The van der Waals surface area contributed by atoms with Crippen molar-refractivity contribution in [3.63, 3.8) is 0 Å². The molecule has 0 spiro atoms. The Bertz CT molecular complexity index is 636. The monoisotopic (exact) mass is 333 g/mol. The van der Waals surface area contributed by atoms with E-state index < -0.39 is 0 Å². The largest absolute Gasteiger partial charge is 0.378 e. The van der Waals surface area contributed by atoms with Crippen LogP contribution in [0.4, 0.5) is 0 Å². The van der Waals surface area contributed by atoms with Crippen LogP contribution in [0.1, 0.15) is 41.8 Å². The molecule has 3 heterocycles. The van der Waals surface area contributed by atoms with Crippen LogP contribution in [0, 0.1) is 0 Å². The van der Waals surface area contributed by atoms with Crippen molar-refractivity contribution in [2.24, 2.45) is 0 Å². The van der Waals surface area contributed by atoms with Gasteiger partial charge in [-0.1, -0.05) is 6.07 Å². The molecule has 124 valence electrons. The van der Waals surface area contributed by atoms with Crippen LogP contribution in [-0.2, 0) is 11.3 Å². The topological polar surface area (TPSA) is 47.4 Å². The zero-order valence-electron chi connectivity index (χ0n) is 13.6. The zero-order valence-corrected chi connectivity index (χ0v) is 14.5. The predicted molar refractivity (Wildman–Crippen MR) is 90.9 cm³/mol. The number of carbonyl (C=O) groups excluding carboxylic acids is 1. The van der Waals surface area contributed by atoms with Crippen LogP contribution in [0.2, 0.25) is 0 Å². The third kappa shape index (κ3) is 3.88. The van der Waals surface area contributed by atoms with E-state index in [4.69, 9.17) is 4.74 Å². The van der Waals surface area contributed by atoms with Crippen molar-refractivity contribution >= 4 is 17.1 Å². The van der Waals surface area contributed by atoms with Gasteiger partial charge in [0.25, 0.3) is 0 Å². The molecule has 0 bridgehead atoms. The molecule has 1 aliphatic rings. The molecule has 0 saturated carbocycles. The van der Waals surface area contributed by atoms with E-state index in [0.29, 0.717) is 25.7 Å². The lowest BCUT2D eigenvalue weighted by atomic mass is 10.1. The highest BCUT2D eigenvalue weighted by Crippen LogP contribution is 2.19. The minimum Gasteiger partial charge on any atom is -0.378 e. The molecule has 1 aliphatic heterocycles. The highest BCUT2D eigenvalue weighted by Gasteiger charge is 2.27. The first-order chi connectivity index (χ1) is 11.1. The summed E-state index contributed by atoms with van der Waals surface area (Å²) in [6.07, 6.45) is 4.37. The number of nitrogens with zero attached hydrogens (tertiary/aromatic N) is 3. The van der Waals surface area contributed by atoms with E-state index in [1.54, 1.807) is 0 Å². The maximum Gasteiger partial charge on any atom is 0.174 e. The number of ether oxygens (including phenoxy) is 1. The predicted octanol–water partition coefficient (Wildman–Crippen LogP) is 3.00. The lowest BCUT2D eigenvalue weighted by Crippen LogP contribution is -2.46. The Kier molecular flexibility index (Phi) is 5.25. The molecule has 3 rings (SSSR count). The van der Waals surface area contributed by atoms with E-state index in [1.165, 1.54) is 11.3 Å². The molecule has 2 aromatic heterocycles. The minimum absolute atomic E-state index is 0.121. The van der Waals surface area contributed by atoms with Gasteiger partial charge in [0.05, 0.1) is 24.6 Å². The first-order valence-electron chi connectivity index (χ1n) is 8.05. The average molecular weight is 333 g/mol. The summed E-state index contributed by atoms with van der Waals surface area (Å²) in [7, 11) is 0. The first-order valence-corrected chi connectivity index (χ1v) is 8.93. The van der Waals surface area contributed by atoms with Crippen molar-refractivity contribution < 1.29 is 9.53 Å². The molecule has 1 saturated heterocycles. The van der Waals surface area contributed by atoms with Gasteiger partial charge in [0.2, 0.25) is 0 Å². The third-order valence-corrected chi connectivity index (χ3v) is 5.13. The lowest BCUT2D eigenvalue weighted by Gasteiger charge is -2.35. The van der Waals surface area contributed by atoms with Crippen molar-refractivity contribution in [3.8, 4) is 0 Å². The van der Waals surface area contributed by atoms with Gasteiger partial charge in [-0.25, -0.2) is 4.98 Å². The summed E-state index contributed by atoms with van der Waals surface area (Å²) in [5, 5.41) is 1.95. The minimum atomic E-state index is 0.121. The second kappa shape index (κ2) is 7.38. The fourth-order valence-electron chi connectivity index (χ4n) is 2.96. The fourth-order valence-corrected chi connectivity index (χ4v) is 3.63. The molecule has 23 heavy (non-hydrogen) atoms. The number of imidazole rings is 1. The molecule has 1 fully saturated rings. The van der Waals surface area contributed by atoms with Gasteiger partial charge in [-0.3, -0.25) is 9.69 Å². The average Bonchev–Trinajstić information content (AvgIpc) is 3.20. The highest BCUT2D eigenvalue weighted by atomic mass is 32.1. The zero-order chi connectivity index (χ0) is 16.2. The standard InChI is InChI=1S/C17H23N3O2S/c1-13(2)20-6-5-18-17(20)11-19-7-8-22-12-14(19)10-15(21)16-4-3-9-23-16/h3-6,9,13-14H,7-8,10-12H2,1-2H3. The van der Waals surface area contributed by atoms with Crippen molar-refractivity contribution in [1.29, 1.82) is 0 Å². The van der Waals surface area contributed by atoms with Crippen molar-refractivity contribution in [3.05, 3.63) is 40.6 Å². The molecule has 0 aliphatic carbocycles. The van der Waals surface area contributed by atoms with Crippen molar-refractivity contribution in [2.45, 2.75) is 38.9 Å². The lowest BCUT2D eigenvalue weighted by molar-refractivity contribution is -0.0141. The molecule has 0 radical (unpaired) electrons. The summed E-state index contributed by atoms with van der Waals surface area (Å²) in [5.41, 5.74) is 0. The Morgan fingerprint density at radius 2 is 2.39 bits per heavy atom. The summed E-state index contributed by atoms with van der Waals surface area (Å²) in [5.74, 6) is 1.25. The molecule has 1 unspecified atom stereocenters. The Morgan fingerprint density at radius 1 is 1.52 bits per heavy atom. The van der Waals surface area contributed by atoms with E-state index in [1.807, 2.05) is 29.9 Å². The molecule has 0 N–H and O–H groups in total. The van der Waals surface area contributed by atoms with Crippen molar-refractivity contribution in [1.82, 2.24) is 14.5 Å². The number of morpholine rings is 1. The number of aromatic nitrogens is 2. The number of thiophene rings is 1. The summed E-state index contributed by atoms with van der Waals surface area (Å²) >= 11 is 1.51. The molecule has 0 amide bonds. The first kappa shape index (κ1) is 16.4. The Morgan fingerprint density at radius 3 is 3.13 bits per heavy atom. The summed E-state index contributed by atoms with van der Waals surface area (Å²) in [4.78, 5) is 20.1. The highest BCUT2D eigenvalue weighted by molar-refractivity contribution is 7.12. The second-order valence-corrected chi connectivity index (χ2v) is 7.10. The fraction of sp³-hybridized carbons (Fsp3) is 0.529. The molecular weight excluding hydrogens is 310 g/mol. The normalized spacial score (nSPS) is 19.3. The molecule has 6 heteroatoms. The molecule has 1 atom stereocenters. The Hall–Kier alpha value is -1.50. The number of Topliss-reactive ketones (excluding diaryl/α,β-unsaturated/α-hetero) is 1. The molecule has 0 aromatic carbocycles. The van der Waals surface area contributed by atoms with Crippen LogP contribution in [0.3, 0.4) is 0 Å². The third-order valence-electron chi connectivity index (χ3n) is 4.22. The van der Waals surface area contributed by atoms with E-state index >= 15 is 0 Å². The van der Waals surface area contributed by atoms with Crippen LogP contribution in [0.15, 0.2) is 29.9 Å². The smallest absolute Gasteiger partial charge is 0.174 e. The van der Waals surface area contributed by atoms with Gasteiger partial charge in [0.1, 0.15) is 5.82 Å². The van der Waals surface area contributed by atoms with Gasteiger partial charge in [0, 0.05) is 37.4 Å². The quantitative estimate of drug-likeness (QED) is 0.763. The second-order valence-electron chi connectivity index (χ2n) is 6.15. The van der Waals surface area contributed by atoms with Gasteiger partial charge in [-0.15, -0.1) is 11.3 Å². The number of hydrogen-bond acceptors (Lipinski definition) is 5. The Balaban J connectivity index is 1.69. The number of hydrogen-bond donors (Lipinski definition) is 0. The molecule has 5 nitrogen and oxygen atoms in total. The molecule has 2 aromatic rings. The summed E-state index contributed by atoms with van der Waals surface area (Å²) in [6, 6.07) is 4.33. The maximum absolute atomic E-state index is 12.4. The van der Waals surface area contributed by atoms with Gasteiger partial charge in [-0.05, 0) is 25.3 Å². The van der Waals surface area contributed by atoms with E-state index in [9.17, 15) is 4.79 Å².